The zero-order valence-electron chi connectivity index (χ0n) is 15.5. The normalized spacial score (nSPS) is 47.8. The topological polar surface area (TPSA) is 79.3 Å². The summed E-state index contributed by atoms with van der Waals surface area (Å²) in [6.07, 6.45) is 4.84. The van der Waals surface area contributed by atoms with Gasteiger partial charge < -0.3 is 19.7 Å². The minimum atomic E-state index is -1.09. The Balaban J connectivity index is 1.83. The number of fused-ring (bicyclic) bond motifs is 3. The average Bonchev–Trinajstić information content (AvgIpc) is 3.17. The Morgan fingerprint density at radius 2 is 1.96 bits per heavy atom. The van der Waals surface area contributed by atoms with E-state index in [9.17, 15) is 15.0 Å². The number of ether oxygens (including phenoxy) is 2. The van der Waals surface area contributed by atoms with Gasteiger partial charge >= 0.3 is 5.97 Å². The van der Waals surface area contributed by atoms with Crippen molar-refractivity contribution in [2.75, 3.05) is 0 Å². The van der Waals surface area contributed by atoms with Crippen LogP contribution in [-0.4, -0.2) is 45.7 Å². The van der Waals surface area contributed by atoms with E-state index >= 15 is 0 Å². The lowest BCUT2D eigenvalue weighted by atomic mass is 9.78. The van der Waals surface area contributed by atoms with Crippen molar-refractivity contribution in [3.63, 3.8) is 0 Å². The van der Waals surface area contributed by atoms with Gasteiger partial charge in [0.05, 0.1) is 23.4 Å². The van der Waals surface area contributed by atoms with Gasteiger partial charge in [0.25, 0.3) is 0 Å². The van der Waals surface area contributed by atoms with E-state index in [0.29, 0.717) is 31.3 Å². The quantitative estimate of drug-likeness (QED) is 0.304. The zero-order valence-corrected chi connectivity index (χ0v) is 15.5. The van der Waals surface area contributed by atoms with Gasteiger partial charge in [0.2, 0.25) is 0 Å². The van der Waals surface area contributed by atoms with Crippen molar-refractivity contribution in [1.29, 1.82) is 0 Å². The maximum atomic E-state index is 12.2. The second kappa shape index (κ2) is 6.53. The maximum absolute atomic E-state index is 12.2. The highest BCUT2D eigenvalue weighted by molar-refractivity contribution is 5.89. The van der Waals surface area contributed by atoms with Crippen molar-refractivity contribution in [2.45, 2.75) is 88.8 Å². The molecule has 0 aromatic carbocycles. The highest BCUT2D eigenvalue weighted by atomic mass is 16.6. The first kappa shape index (κ1) is 18.6. The van der Waals surface area contributed by atoms with Crippen LogP contribution in [0.3, 0.4) is 0 Å². The second-order valence-corrected chi connectivity index (χ2v) is 8.41. The number of allylic oxidation sites excluding steroid dienone is 1. The lowest BCUT2D eigenvalue weighted by Crippen LogP contribution is -2.47. The van der Waals surface area contributed by atoms with Crippen LogP contribution in [0, 0.1) is 5.92 Å². The number of carbonyl (C=O) groups excluding carboxylic acids is 1. The molecule has 0 unspecified atom stereocenters. The Morgan fingerprint density at radius 3 is 2.68 bits per heavy atom. The fraction of sp³-hybridized carbons (Fsp3) is 0.750. The van der Waals surface area contributed by atoms with Crippen LogP contribution in [0.25, 0.3) is 0 Å². The first-order valence-electron chi connectivity index (χ1n) is 9.27. The molecule has 2 bridgehead atoms. The van der Waals surface area contributed by atoms with E-state index in [4.69, 9.17) is 9.47 Å². The van der Waals surface area contributed by atoms with Gasteiger partial charge in [-0.1, -0.05) is 12.7 Å². The van der Waals surface area contributed by atoms with E-state index in [-0.39, 0.29) is 17.6 Å². The summed E-state index contributed by atoms with van der Waals surface area (Å²) in [6, 6.07) is 0. The van der Waals surface area contributed by atoms with Crippen LogP contribution in [0.4, 0.5) is 0 Å². The number of aliphatic hydroxyl groups excluding tert-OH is 1. The van der Waals surface area contributed by atoms with Gasteiger partial charge in [-0.2, -0.15) is 0 Å². The smallest absolute Gasteiger partial charge is 0.334 e. The molecule has 25 heavy (non-hydrogen) atoms. The number of aliphatic hydroxyl groups is 2. The van der Waals surface area contributed by atoms with Gasteiger partial charge in [0.15, 0.2) is 0 Å². The van der Waals surface area contributed by atoms with Crippen molar-refractivity contribution in [1.82, 2.24) is 0 Å². The molecule has 0 aromatic heterocycles. The molecule has 5 nitrogen and oxygen atoms in total. The zero-order chi connectivity index (χ0) is 18.4. The average molecular weight is 350 g/mol. The Labute approximate surface area is 149 Å². The van der Waals surface area contributed by atoms with Gasteiger partial charge in [-0.15, -0.1) is 0 Å². The van der Waals surface area contributed by atoms with E-state index in [2.05, 4.69) is 13.5 Å². The Bertz CT molecular complexity index is 593. The fourth-order valence-corrected chi connectivity index (χ4v) is 4.04. The molecule has 0 spiro atoms. The molecule has 2 aliphatic heterocycles. The predicted octanol–water partition coefficient (Wildman–Crippen LogP) is 2.65. The number of rotatable bonds is 0. The number of epoxide rings is 1. The number of carbonyl (C=O) groups is 1. The molecule has 140 valence electrons. The molecule has 1 aliphatic carbocycles. The van der Waals surface area contributed by atoms with Gasteiger partial charge in [-0.25, -0.2) is 4.79 Å². The second-order valence-electron chi connectivity index (χ2n) is 8.41. The van der Waals surface area contributed by atoms with Crippen LogP contribution in [0.15, 0.2) is 23.8 Å². The van der Waals surface area contributed by atoms with Crippen molar-refractivity contribution in [3.8, 4) is 0 Å². The lowest BCUT2D eigenvalue weighted by molar-refractivity contribution is -0.168. The third-order valence-electron chi connectivity index (χ3n) is 6.30. The number of hydrogen-bond acceptors (Lipinski definition) is 5. The van der Waals surface area contributed by atoms with E-state index in [1.165, 1.54) is 0 Å². The molecular formula is C20H30O5. The summed E-state index contributed by atoms with van der Waals surface area (Å²) in [5, 5.41) is 21.2. The lowest BCUT2D eigenvalue weighted by Gasteiger charge is -2.39. The van der Waals surface area contributed by atoms with Gasteiger partial charge in [0.1, 0.15) is 6.10 Å². The third-order valence-corrected chi connectivity index (χ3v) is 6.30. The highest BCUT2D eigenvalue weighted by Crippen LogP contribution is 2.46. The fourth-order valence-electron chi connectivity index (χ4n) is 4.04. The Kier molecular flexibility index (Phi) is 4.86. The molecule has 3 rings (SSSR count). The van der Waals surface area contributed by atoms with E-state index in [1.54, 1.807) is 6.92 Å². The first-order valence-corrected chi connectivity index (χ1v) is 9.27. The van der Waals surface area contributed by atoms with Crippen molar-refractivity contribution >= 4 is 5.97 Å². The molecule has 2 saturated heterocycles. The number of hydrogen-bond donors (Lipinski definition) is 2. The van der Waals surface area contributed by atoms with Gasteiger partial charge in [-0.05, 0) is 64.4 Å². The summed E-state index contributed by atoms with van der Waals surface area (Å²) < 4.78 is 11.3. The Morgan fingerprint density at radius 1 is 1.24 bits per heavy atom. The van der Waals surface area contributed by atoms with Crippen LogP contribution >= 0.6 is 0 Å². The minimum Gasteiger partial charge on any atom is -0.456 e. The van der Waals surface area contributed by atoms with E-state index < -0.39 is 23.8 Å². The molecule has 2 fully saturated rings. The molecule has 0 amide bonds. The number of esters is 1. The minimum absolute atomic E-state index is 0.00421. The van der Waals surface area contributed by atoms with Gasteiger partial charge in [-0.3, -0.25) is 0 Å². The summed E-state index contributed by atoms with van der Waals surface area (Å²) in [7, 11) is 0. The van der Waals surface area contributed by atoms with Crippen LogP contribution < -0.4 is 0 Å². The molecule has 2 N–H and O–H groups in total. The summed E-state index contributed by atoms with van der Waals surface area (Å²) in [6.45, 7) is 9.60. The molecule has 0 radical (unpaired) electrons. The van der Waals surface area contributed by atoms with Crippen LogP contribution in [-0.2, 0) is 14.3 Å². The standard InChI is InChI=1S/C20H30O5/c1-12-6-5-8-19(3,23)16-10-14(13(2)18(22)24-16)7-9-20(4)17(25-20)11-15(12)21/h6,14-17,21,23H,2,5,7-11H2,1,3-4H3/b12-6+/t14-,15+,16-,17+,19+,20+/m1/s1. The molecule has 0 aromatic rings. The van der Waals surface area contributed by atoms with Crippen LogP contribution in [0.1, 0.15) is 59.3 Å². The van der Waals surface area contributed by atoms with Gasteiger partial charge in [0, 0.05) is 12.0 Å². The maximum Gasteiger partial charge on any atom is 0.334 e. The van der Waals surface area contributed by atoms with Crippen molar-refractivity contribution < 1.29 is 24.5 Å². The molecular weight excluding hydrogens is 320 g/mol. The Hall–Kier alpha value is -1.17. The summed E-state index contributed by atoms with van der Waals surface area (Å²) in [5.41, 5.74) is 0.0573. The van der Waals surface area contributed by atoms with Crippen LogP contribution in [0.5, 0.6) is 0 Å². The van der Waals surface area contributed by atoms with Crippen LogP contribution in [0.2, 0.25) is 0 Å². The molecule has 3 aliphatic rings. The molecule has 6 atom stereocenters. The summed E-state index contributed by atoms with van der Waals surface area (Å²) in [4.78, 5) is 12.2. The third kappa shape index (κ3) is 3.83. The van der Waals surface area contributed by atoms with Crippen molar-refractivity contribution in [2.24, 2.45) is 5.92 Å². The largest absolute Gasteiger partial charge is 0.456 e. The van der Waals surface area contributed by atoms with Crippen molar-refractivity contribution in [3.05, 3.63) is 23.8 Å². The van der Waals surface area contributed by atoms with E-state index in [0.717, 1.165) is 18.4 Å². The van der Waals surface area contributed by atoms with E-state index in [1.807, 2.05) is 13.0 Å². The summed E-state index contributed by atoms with van der Waals surface area (Å²) in [5.74, 6) is -0.390. The highest BCUT2D eigenvalue weighted by Gasteiger charge is 2.53. The summed E-state index contributed by atoms with van der Waals surface area (Å²) >= 11 is 0. The molecule has 5 heteroatoms. The molecule has 2 heterocycles. The predicted molar refractivity (Wildman–Crippen MR) is 93.9 cm³/mol. The monoisotopic (exact) mass is 350 g/mol. The first-order chi connectivity index (χ1) is 11.6. The molecule has 0 saturated carbocycles. The SMILES string of the molecule is C=C1C(=O)O[C@@H]2C[C@H]1CC[C@]1(C)O[C@H]1C[C@H](O)/C(C)=C/CC[C@]2(C)O.